The maximum atomic E-state index is 13.0. The molecule has 0 aromatic heterocycles. The van der Waals surface area contributed by atoms with Crippen LogP contribution in [-0.4, -0.2) is 176 Å². The summed E-state index contributed by atoms with van der Waals surface area (Å²) in [6.45, 7) is -1.00. The van der Waals surface area contributed by atoms with Gasteiger partial charge < -0.3 is 93.4 Å². The molecule has 1 unspecified atom stereocenters. The summed E-state index contributed by atoms with van der Waals surface area (Å²) in [4.78, 5) is 13.0. The Morgan fingerprint density at radius 1 is 0.889 bits per heavy atom. The van der Waals surface area contributed by atoms with Gasteiger partial charge in [0.1, 0.15) is 42.2 Å². The molecule has 2 saturated carbocycles. The molecule has 0 bridgehead atoms. The van der Waals surface area contributed by atoms with Crippen LogP contribution in [0.25, 0.3) is 0 Å². The molecule has 19 nitrogen and oxygen atoms in total. The quantitative estimate of drug-likeness (QED) is 0.0928. The molecule has 2 aliphatic heterocycles. The van der Waals surface area contributed by atoms with Crippen LogP contribution in [-0.2, 0) is 23.7 Å². The van der Waals surface area contributed by atoms with Crippen LogP contribution >= 0.6 is 0 Å². The first kappa shape index (κ1) is 36.6. The zero-order valence-corrected chi connectivity index (χ0v) is 24.8. The standard InChI is InChI=1S/C26H50N6O13/c27-9-3-26(41,4-9)25(40)32-13-1-11(28)21(20(39)22(13)45-24-19(38)17(30)18(37)16(8-34)43-24)44-23-12(29)2-14(36)15(42-23)6-31-5-10(35)7-33/h9-24,31,33-39,41H,1-8,27-30H2,(H,32,40)/t9?,10?,11-,12+,13+,14-,15+,16+,17-,18+,19+,20-,21+,22-,23+,24+,26?/m0/s1. The highest BCUT2D eigenvalue weighted by Gasteiger charge is 2.53. The minimum atomic E-state index is -1.73. The van der Waals surface area contributed by atoms with Gasteiger partial charge in [-0.15, -0.1) is 0 Å². The predicted molar refractivity (Wildman–Crippen MR) is 151 cm³/mol. The highest BCUT2D eigenvalue weighted by atomic mass is 16.7. The van der Waals surface area contributed by atoms with E-state index in [0.717, 1.165) is 0 Å². The summed E-state index contributed by atoms with van der Waals surface area (Å²) in [7, 11) is 0. The fourth-order valence-electron chi connectivity index (χ4n) is 6.25. The molecule has 15 atom stereocenters. The number of aliphatic hydroxyl groups is 8. The van der Waals surface area contributed by atoms with Crippen LogP contribution < -0.4 is 33.6 Å². The molecule has 0 spiro atoms. The Morgan fingerprint density at radius 3 is 2.16 bits per heavy atom. The van der Waals surface area contributed by atoms with Crippen LogP contribution in [0.3, 0.4) is 0 Å². The van der Waals surface area contributed by atoms with Crippen molar-refractivity contribution < 1.29 is 64.6 Å². The summed E-state index contributed by atoms with van der Waals surface area (Å²) in [6, 6.07) is -4.50. The second kappa shape index (κ2) is 15.3. The number of aliphatic hydroxyl groups excluding tert-OH is 7. The SMILES string of the molecule is NC1CC(O)(C(=O)N[C@@H]2C[C@H](N)[C@@H](O[C@H]3O[C@H](CNCC(O)CO)[C@@H](O)C[C@H]3N)[C@H](O)[C@H]2O[C@H]2O[C@H](CO)[C@@H](O)[C@H](N)[C@H]2O)C1. The van der Waals surface area contributed by atoms with Crippen molar-refractivity contribution in [2.24, 2.45) is 22.9 Å². The zero-order chi connectivity index (χ0) is 33.2. The average molecular weight is 655 g/mol. The number of hydrogen-bond donors (Lipinski definition) is 14. The van der Waals surface area contributed by atoms with Crippen molar-refractivity contribution in [2.75, 3.05) is 26.3 Å². The fourth-order valence-corrected chi connectivity index (χ4v) is 6.25. The molecule has 4 fully saturated rings. The summed E-state index contributed by atoms with van der Waals surface area (Å²) in [6.07, 6.45) is -14.0. The van der Waals surface area contributed by atoms with E-state index in [2.05, 4.69) is 10.6 Å². The molecule has 1 amide bonds. The molecule has 2 aliphatic carbocycles. The van der Waals surface area contributed by atoms with Crippen molar-refractivity contribution in [3.05, 3.63) is 0 Å². The minimum Gasteiger partial charge on any atom is -0.394 e. The van der Waals surface area contributed by atoms with Crippen molar-refractivity contribution in [1.29, 1.82) is 0 Å². The van der Waals surface area contributed by atoms with Crippen molar-refractivity contribution in [3.63, 3.8) is 0 Å². The Hall–Kier alpha value is -1.21. The Bertz CT molecular complexity index is 966. The van der Waals surface area contributed by atoms with Gasteiger partial charge in [0, 0.05) is 38.0 Å². The molecule has 4 rings (SSSR count). The summed E-state index contributed by atoms with van der Waals surface area (Å²) < 4.78 is 23.5. The van der Waals surface area contributed by atoms with Gasteiger partial charge in [-0.2, -0.15) is 0 Å². The second-order valence-corrected chi connectivity index (χ2v) is 12.7. The average Bonchev–Trinajstić information content (AvgIpc) is 2.97. The van der Waals surface area contributed by atoms with E-state index in [1.807, 2.05) is 0 Å². The van der Waals surface area contributed by atoms with Gasteiger partial charge in [0.15, 0.2) is 12.6 Å². The molecule has 2 saturated heterocycles. The van der Waals surface area contributed by atoms with E-state index in [9.17, 15) is 40.5 Å². The van der Waals surface area contributed by atoms with Gasteiger partial charge in [0.2, 0.25) is 0 Å². The van der Waals surface area contributed by atoms with Crippen LogP contribution in [0.2, 0.25) is 0 Å². The fraction of sp³-hybridized carbons (Fsp3) is 0.962. The third kappa shape index (κ3) is 8.27. The lowest BCUT2D eigenvalue weighted by atomic mass is 9.75. The molecule has 0 aromatic carbocycles. The number of rotatable bonds is 12. The number of hydrogen-bond acceptors (Lipinski definition) is 18. The number of nitrogens with two attached hydrogens (primary N) is 4. The van der Waals surface area contributed by atoms with E-state index in [-0.39, 0.29) is 44.8 Å². The van der Waals surface area contributed by atoms with Gasteiger partial charge in [0.05, 0.1) is 49.7 Å². The molecule has 0 radical (unpaired) electrons. The van der Waals surface area contributed by atoms with Gasteiger partial charge in [-0.05, 0) is 12.8 Å². The van der Waals surface area contributed by atoms with Gasteiger partial charge in [0.25, 0.3) is 5.91 Å². The highest BCUT2D eigenvalue weighted by molar-refractivity contribution is 5.86. The molecule has 0 aromatic rings. The van der Waals surface area contributed by atoms with Gasteiger partial charge >= 0.3 is 0 Å². The molecule has 262 valence electrons. The third-order valence-corrected chi connectivity index (χ3v) is 9.01. The van der Waals surface area contributed by atoms with E-state index in [1.165, 1.54) is 0 Å². The lowest BCUT2D eigenvalue weighted by Gasteiger charge is -2.49. The predicted octanol–water partition coefficient (Wildman–Crippen LogP) is -8.30. The molecule has 18 N–H and O–H groups in total. The summed E-state index contributed by atoms with van der Waals surface area (Å²) in [5, 5.41) is 87.4. The maximum absolute atomic E-state index is 13.0. The summed E-state index contributed by atoms with van der Waals surface area (Å²) in [5.74, 6) is -0.764. The Balaban J connectivity index is 1.50. The molecular weight excluding hydrogens is 604 g/mol. The molecule has 2 heterocycles. The van der Waals surface area contributed by atoms with E-state index in [1.54, 1.807) is 0 Å². The maximum Gasteiger partial charge on any atom is 0.252 e. The summed E-state index contributed by atoms with van der Waals surface area (Å²) >= 11 is 0. The number of ether oxygens (including phenoxy) is 4. The van der Waals surface area contributed by atoms with Crippen molar-refractivity contribution in [2.45, 2.75) is 129 Å². The first-order valence-corrected chi connectivity index (χ1v) is 15.2. The van der Waals surface area contributed by atoms with Crippen molar-refractivity contribution in [1.82, 2.24) is 10.6 Å². The van der Waals surface area contributed by atoms with Gasteiger partial charge in [-0.3, -0.25) is 4.79 Å². The zero-order valence-electron chi connectivity index (χ0n) is 24.8. The van der Waals surface area contributed by atoms with Crippen LogP contribution in [0.1, 0.15) is 25.7 Å². The largest absolute Gasteiger partial charge is 0.394 e. The monoisotopic (exact) mass is 654 g/mol. The number of carbonyl (C=O) groups excluding carboxylic acids is 1. The van der Waals surface area contributed by atoms with E-state index >= 15 is 0 Å². The molecular formula is C26H50N6O13. The Kier molecular flexibility index (Phi) is 12.5. The van der Waals surface area contributed by atoms with Crippen LogP contribution in [0, 0.1) is 0 Å². The smallest absolute Gasteiger partial charge is 0.252 e. The Labute approximate surface area is 259 Å². The molecule has 4 aliphatic rings. The lowest BCUT2D eigenvalue weighted by molar-refractivity contribution is -0.316. The molecule has 45 heavy (non-hydrogen) atoms. The van der Waals surface area contributed by atoms with Crippen molar-refractivity contribution in [3.8, 4) is 0 Å². The Morgan fingerprint density at radius 2 is 1.53 bits per heavy atom. The minimum absolute atomic E-state index is 0.0184. The lowest BCUT2D eigenvalue weighted by Crippen LogP contribution is -2.70. The summed E-state index contributed by atoms with van der Waals surface area (Å²) in [5.41, 5.74) is 22.6. The first-order chi connectivity index (χ1) is 21.2. The normalized spacial score (nSPS) is 48.0. The van der Waals surface area contributed by atoms with Crippen molar-refractivity contribution >= 4 is 5.91 Å². The first-order valence-electron chi connectivity index (χ1n) is 15.2. The van der Waals surface area contributed by atoms with E-state index < -0.39 is 116 Å². The third-order valence-electron chi connectivity index (χ3n) is 9.01. The van der Waals surface area contributed by atoms with Crippen LogP contribution in [0.15, 0.2) is 0 Å². The van der Waals surface area contributed by atoms with Gasteiger partial charge in [-0.25, -0.2) is 0 Å². The van der Waals surface area contributed by atoms with E-state index in [4.69, 9.17) is 47.0 Å². The number of amides is 1. The number of carbonyl (C=O) groups is 1. The van der Waals surface area contributed by atoms with Crippen LogP contribution in [0.5, 0.6) is 0 Å². The molecule has 19 heteroatoms. The highest BCUT2D eigenvalue weighted by Crippen LogP contribution is 2.34. The topological polar surface area (TPSA) is 344 Å². The van der Waals surface area contributed by atoms with E-state index in [0.29, 0.717) is 0 Å². The van der Waals surface area contributed by atoms with Crippen LogP contribution in [0.4, 0.5) is 0 Å². The van der Waals surface area contributed by atoms with Gasteiger partial charge in [-0.1, -0.05) is 0 Å². The number of nitrogens with one attached hydrogen (secondary N) is 2. The second-order valence-electron chi connectivity index (χ2n) is 12.7.